The highest BCUT2D eigenvalue weighted by molar-refractivity contribution is 7.20. The molecule has 0 bridgehead atoms. The molecule has 0 fully saturated rings. The van der Waals surface area contributed by atoms with E-state index in [-0.39, 0.29) is 28.4 Å². The van der Waals surface area contributed by atoms with E-state index in [1.165, 1.54) is 10.9 Å². The molecule has 2 heterocycles. The molecule has 29 heavy (non-hydrogen) atoms. The summed E-state index contributed by atoms with van der Waals surface area (Å²) in [7, 11) is 0. The summed E-state index contributed by atoms with van der Waals surface area (Å²) in [4.78, 5) is 41.9. The number of aromatic nitrogens is 2. The number of nitrogens with zero attached hydrogens (tertiary/aromatic N) is 2. The Morgan fingerprint density at radius 1 is 1.28 bits per heavy atom. The predicted octanol–water partition coefficient (Wildman–Crippen LogP) is 2.82. The molecule has 2 aromatic heterocycles. The standard InChI is InChI=1S/C19H18F2N4O3S/c1-3-6-22-14(26)8-25-9-23-18-15(19(25)28)10(2)16(29-18)17(27)24-13-5-4-11(20)7-12(13)21/h4-5,7,9H,3,6,8H2,1-2H3,(H,22,26)(H,24,27). The lowest BCUT2D eigenvalue weighted by Crippen LogP contribution is -2.32. The first kappa shape index (κ1) is 20.6. The quantitative estimate of drug-likeness (QED) is 0.641. The van der Waals surface area contributed by atoms with Gasteiger partial charge in [-0.05, 0) is 31.0 Å². The summed E-state index contributed by atoms with van der Waals surface area (Å²) in [6.07, 6.45) is 2.03. The van der Waals surface area contributed by atoms with Crippen molar-refractivity contribution in [3.05, 3.63) is 57.0 Å². The molecule has 0 spiro atoms. The molecule has 7 nitrogen and oxygen atoms in total. The largest absolute Gasteiger partial charge is 0.355 e. The van der Waals surface area contributed by atoms with Crippen molar-refractivity contribution < 1.29 is 18.4 Å². The molecule has 10 heteroatoms. The van der Waals surface area contributed by atoms with E-state index in [1.807, 2.05) is 6.92 Å². The average molecular weight is 420 g/mol. The van der Waals surface area contributed by atoms with E-state index < -0.39 is 23.1 Å². The maximum absolute atomic E-state index is 13.8. The lowest BCUT2D eigenvalue weighted by atomic mass is 10.2. The Morgan fingerprint density at radius 2 is 2.03 bits per heavy atom. The predicted molar refractivity (Wildman–Crippen MR) is 106 cm³/mol. The van der Waals surface area contributed by atoms with Crippen molar-refractivity contribution in [2.45, 2.75) is 26.8 Å². The Balaban J connectivity index is 1.91. The van der Waals surface area contributed by atoms with Crippen LogP contribution in [0.25, 0.3) is 10.2 Å². The second-order valence-electron chi connectivity index (χ2n) is 6.34. The zero-order valence-corrected chi connectivity index (χ0v) is 16.5. The summed E-state index contributed by atoms with van der Waals surface area (Å²) < 4.78 is 28.0. The van der Waals surface area contributed by atoms with Crippen molar-refractivity contribution >= 4 is 39.1 Å². The van der Waals surface area contributed by atoms with Crippen LogP contribution in [-0.2, 0) is 11.3 Å². The Kier molecular flexibility index (Phi) is 6.02. The number of hydrogen-bond acceptors (Lipinski definition) is 5. The van der Waals surface area contributed by atoms with Gasteiger partial charge in [0.1, 0.15) is 23.0 Å². The molecule has 2 amide bonds. The Hall–Kier alpha value is -3.14. The fraction of sp³-hybridized carbons (Fsp3) is 0.263. The van der Waals surface area contributed by atoms with Gasteiger partial charge in [0.05, 0.1) is 22.3 Å². The van der Waals surface area contributed by atoms with Gasteiger partial charge in [0.15, 0.2) is 0 Å². The molecule has 0 aliphatic carbocycles. The second kappa shape index (κ2) is 8.48. The van der Waals surface area contributed by atoms with E-state index in [1.54, 1.807) is 6.92 Å². The first-order chi connectivity index (χ1) is 13.8. The maximum Gasteiger partial charge on any atom is 0.266 e. The van der Waals surface area contributed by atoms with Crippen LogP contribution in [0.1, 0.15) is 28.6 Å². The molecular weight excluding hydrogens is 402 g/mol. The van der Waals surface area contributed by atoms with Gasteiger partial charge >= 0.3 is 0 Å². The van der Waals surface area contributed by atoms with Crippen LogP contribution in [0.15, 0.2) is 29.3 Å². The smallest absolute Gasteiger partial charge is 0.266 e. The summed E-state index contributed by atoms with van der Waals surface area (Å²) in [5, 5.41) is 5.28. The van der Waals surface area contributed by atoms with Crippen LogP contribution in [0, 0.1) is 18.6 Å². The van der Waals surface area contributed by atoms with Crippen molar-refractivity contribution in [3.8, 4) is 0 Å². The van der Waals surface area contributed by atoms with Gasteiger partial charge in [0.2, 0.25) is 5.91 Å². The lowest BCUT2D eigenvalue weighted by Gasteiger charge is -2.06. The Labute approximate surface area is 168 Å². The van der Waals surface area contributed by atoms with Gasteiger partial charge in [-0.2, -0.15) is 0 Å². The minimum absolute atomic E-state index is 0.175. The van der Waals surface area contributed by atoms with Gasteiger partial charge in [0.25, 0.3) is 11.5 Å². The van der Waals surface area contributed by atoms with E-state index >= 15 is 0 Å². The van der Waals surface area contributed by atoms with Crippen molar-refractivity contribution in [1.82, 2.24) is 14.9 Å². The summed E-state index contributed by atoms with van der Waals surface area (Å²) in [6.45, 7) is 3.82. The van der Waals surface area contributed by atoms with Gasteiger partial charge in [-0.15, -0.1) is 11.3 Å². The highest BCUT2D eigenvalue weighted by atomic mass is 32.1. The molecule has 0 saturated carbocycles. The lowest BCUT2D eigenvalue weighted by molar-refractivity contribution is -0.121. The summed E-state index contributed by atoms with van der Waals surface area (Å²) in [5.74, 6) is -2.61. The highest BCUT2D eigenvalue weighted by Crippen LogP contribution is 2.28. The van der Waals surface area contributed by atoms with Crippen molar-refractivity contribution in [3.63, 3.8) is 0 Å². The highest BCUT2D eigenvalue weighted by Gasteiger charge is 2.21. The van der Waals surface area contributed by atoms with Gasteiger partial charge in [-0.1, -0.05) is 6.92 Å². The fourth-order valence-corrected chi connectivity index (χ4v) is 3.77. The monoisotopic (exact) mass is 420 g/mol. The van der Waals surface area contributed by atoms with Crippen LogP contribution >= 0.6 is 11.3 Å². The molecule has 152 valence electrons. The normalized spacial score (nSPS) is 10.9. The molecule has 0 aliphatic heterocycles. The van der Waals surface area contributed by atoms with Gasteiger partial charge < -0.3 is 10.6 Å². The number of carbonyl (C=O) groups is 2. The third-order valence-corrected chi connectivity index (χ3v) is 5.39. The van der Waals surface area contributed by atoms with Crippen LogP contribution in [0.5, 0.6) is 0 Å². The molecular formula is C19H18F2N4O3S. The molecule has 0 aliphatic rings. The third-order valence-electron chi connectivity index (χ3n) is 4.19. The van der Waals surface area contributed by atoms with Crippen LogP contribution in [0.2, 0.25) is 0 Å². The number of benzene rings is 1. The van der Waals surface area contributed by atoms with Crippen LogP contribution in [0.3, 0.4) is 0 Å². The minimum atomic E-state index is -0.907. The molecule has 0 radical (unpaired) electrons. The van der Waals surface area contributed by atoms with Gasteiger partial charge in [0, 0.05) is 12.6 Å². The van der Waals surface area contributed by atoms with Crippen molar-refractivity contribution in [2.75, 3.05) is 11.9 Å². The number of halogens is 2. The van der Waals surface area contributed by atoms with Crippen LogP contribution in [-0.4, -0.2) is 27.9 Å². The summed E-state index contributed by atoms with van der Waals surface area (Å²) in [5.41, 5.74) is -0.237. The summed E-state index contributed by atoms with van der Waals surface area (Å²) >= 11 is 0.982. The van der Waals surface area contributed by atoms with E-state index in [4.69, 9.17) is 0 Å². The van der Waals surface area contributed by atoms with Crippen molar-refractivity contribution in [1.29, 1.82) is 0 Å². The van der Waals surface area contributed by atoms with Crippen LogP contribution in [0.4, 0.5) is 14.5 Å². The number of rotatable bonds is 6. The number of hydrogen-bond donors (Lipinski definition) is 2. The first-order valence-electron chi connectivity index (χ1n) is 8.83. The van der Waals surface area contributed by atoms with E-state index in [9.17, 15) is 23.2 Å². The van der Waals surface area contributed by atoms with Crippen LogP contribution < -0.4 is 16.2 Å². The molecule has 0 unspecified atom stereocenters. The second-order valence-corrected chi connectivity index (χ2v) is 7.34. The molecule has 3 aromatic rings. The first-order valence-corrected chi connectivity index (χ1v) is 9.65. The molecule has 1 aromatic carbocycles. The topological polar surface area (TPSA) is 93.1 Å². The SMILES string of the molecule is CCCNC(=O)Cn1cnc2sc(C(=O)Nc3ccc(F)cc3F)c(C)c2c1=O. The number of aryl methyl sites for hydroxylation is 1. The van der Waals surface area contributed by atoms with E-state index in [0.29, 0.717) is 23.0 Å². The molecule has 3 rings (SSSR count). The minimum Gasteiger partial charge on any atom is -0.355 e. The number of nitrogens with one attached hydrogen (secondary N) is 2. The number of anilines is 1. The number of amides is 2. The van der Waals surface area contributed by atoms with Crippen molar-refractivity contribution in [2.24, 2.45) is 0 Å². The average Bonchev–Trinajstić information content (AvgIpc) is 3.02. The number of fused-ring (bicyclic) bond motifs is 1. The maximum atomic E-state index is 13.8. The number of thiophene rings is 1. The van der Waals surface area contributed by atoms with E-state index in [2.05, 4.69) is 15.6 Å². The third kappa shape index (κ3) is 4.32. The number of carbonyl (C=O) groups excluding carboxylic acids is 2. The zero-order valence-electron chi connectivity index (χ0n) is 15.7. The Morgan fingerprint density at radius 3 is 2.72 bits per heavy atom. The van der Waals surface area contributed by atoms with E-state index in [0.717, 1.165) is 29.9 Å². The van der Waals surface area contributed by atoms with Gasteiger partial charge in [-0.3, -0.25) is 19.0 Å². The Bertz CT molecular complexity index is 1160. The molecule has 0 atom stereocenters. The molecule has 2 N–H and O–H groups in total. The fourth-order valence-electron chi connectivity index (χ4n) is 2.73. The zero-order chi connectivity index (χ0) is 21.1. The summed E-state index contributed by atoms with van der Waals surface area (Å²) in [6, 6.07) is 2.81. The molecule has 0 saturated heterocycles. The van der Waals surface area contributed by atoms with Gasteiger partial charge in [-0.25, -0.2) is 13.8 Å².